The molecule has 0 aromatic heterocycles. The first-order valence-electron chi connectivity index (χ1n) is 9.41. The fraction of sp³-hybridized carbons (Fsp3) is 0.600. The van der Waals surface area contributed by atoms with Crippen molar-refractivity contribution in [1.82, 2.24) is 16.0 Å². The molecular formula is C20H29Cl2N3O2. The molecule has 0 bridgehead atoms. The van der Waals surface area contributed by atoms with E-state index < -0.39 is 0 Å². The van der Waals surface area contributed by atoms with Gasteiger partial charge in [-0.3, -0.25) is 9.59 Å². The molecule has 0 saturated heterocycles. The molecule has 7 heteroatoms. The number of rotatable bonds is 6. The van der Waals surface area contributed by atoms with Gasteiger partial charge in [-0.1, -0.05) is 23.2 Å². The van der Waals surface area contributed by atoms with Crippen molar-refractivity contribution in [3.05, 3.63) is 33.8 Å². The summed E-state index contributed by atoms with van der Waals surface area (Å²) in [6.45, 7) is 6.91. The normalized spacial score (nSPS) is 20.2. The van der Waals surface area contributed by atoms with Crippen molar-refractivity contribution in [1.29, 1.82) is 0 Å². The predicted octanol–water partition coefficient (Wildman–Crippen LogP) is 3.79. The van der Waals surface area contributed by atoms with Gasteiger partial charge in [0.2, 0.25) is 5.91 Å². The Hall–Kier alpha value is -1.30. The monoisotopic (exact) mass is 413 g/mol. The average molecular weight is 414 g/mol. The van der Waals surface area contributed by atoms with Gasteiger partial charge >= 0.3 is 0 Å². The van der Waals surface area contributed by atoms with E-state index in [1.54, 1.807) is 18.2 Å². The molecule has 1 aliphatic rings. The van der Waals surface area contributed by atoms with Gasteiger partial charge in [-0.15, -0.1) is 0 Å². The lowest BCUT2D eigenvalue weighted by Crippen LogP contribution is -2.47. The molecule has 1 aromatic rings. The average Bonchev–Trinajstić information content (AvgIpc) is 2.56. The number of halogens is 2. The minimum absolute atomic E-state index is 0.0251. The number of carbonyl (C=O) groups excluding carboxylic acids is 2. The molecule has 0 aliphatic heterocycles. The predicted molar refractivity (Wildman–Crippen MR) is 110 cm³/mol. The summed E-state index contributed by atoms with van der Waals surface area (Å²) in [6.07, 6.45) is 4.06. The van der Waals surface area contributed by atoms with Crippen molar-refractivity contribution in [3.8, 4) is 0 Å². The second-order valence-corrected chi connectivity index (χ2v) is 9.14. The van der Waals surface area contributed by atoms with Crippen LogP contribution >= 0.6 is 23.2 Å². The highest BCUT2D eigenvalue weighted by Gasteiger charge is 2.22. The van der Waals surface area contributed by atoms with Gasteiger partial charge in [0.05, 0.1) is 6.54 Å². The van der Waals surface area contributed by atoms with Crippen LogP contribution in [0, 0.1) is 5.92 Å². The smallest absolute Gasteiger partial charge is 0.251 e. The summed E-state index contributed by atoms with van der Waals surface area (Å²) in [5.74, 6) is 0.320. The van der Waals surface area contributed by atoms with Crippen molar-refractivity contribution in [2.75, 3.05) is 13.1 Å². The number of hydrogen-bond donors (Lipinski definition) is 3. The van der Waals surface area contributed by atoms with Crippen LogP contribution in [0.15, 0.2) is 18.2 Å². The lowest BCUT2D eigenvalue weighted by Gasteiger charge is -2.29. The molecule has 3 N–H and O–H groups in total. The Balaban J connectivity index is 1.68. The van der Waals surface area contributed by atoms with E-state index in [4.69, 9.17) is 23.2 Å². The van der Waals surface area contributed by atoms with Gasteiger partial charge in [0.15, 0.2) is 0 Å². The van der Waals surface area contributed by atoms with E-state index in [1.807, 2.05) is 20.8 Å². The SMILES string of the molecule is CC(C)(C)NC(=O)CN[C@H]1CC[C@@H](CNC(=O)c2cc(Cl)cc(Cl)c2)CC1. The van der Waals surface area contributed by atoms with Crippen molar-refractivity contribution >= 4 is 35.0 Å². The highest BCUT2D eigenvalue weighted by Crippen LogP contribution is 2.24. The second-order valence-electron chi connectivity index (χ2n) is 8.26. The Morgan fingerprint density at radius 3 is 2.19 bits per heavy atom. The summed E-state index contributed by atoms with van der Waals surface area (Å²) in [6, 6.07) is 5.20. The molecule has 0 heterocycles. The molecule has 2 amide bonds. The van der Waals surface area contributed by atoms with Crippen molar-refractivity contribution < 1.29 is 9.59 Å². The Kier molecular flexibility index (Phi) is 7.95. The maximum Gasteiger partial charge on any atom is 0.251 e. The molecular weight excluding hydrogens is 385 g/mol. The van der Waals surface area contributed by atoms with Crippen molar-refractivity contribution in [2.45, 2.75) is 58.0 Å². The zero-order chi connectivity index (χ0) is 20.0. The van der Waals surface area contributed by atoms with Crippen LogP contribution in [-0.4, -0.2) is 36.5 Å². The van der Waals surface area contributed by atoms with E-state index in [-0.39, 0.29) is 17.4 Å². The Morgan fingerprint density at radius 1 is 1.04 bits per heavy atom. The zero-order valence-electron chi connectivity index (χ0n) is 16.2. The van der Waals surface area contributed by atoms with Gasteiger partial charge in [-0.2, -0.15) is 0 Å². The lowest BCUT2D eigenvalue weighted by atomic mass is 9.86. The third-order valence-electron chi connectivity index (χ3n) is 4.59. The van der Waals surface area contributed by atoms with E-state index in [0.29, 0.717) is 40.7 Å². The van der Waals surface area contributed by atoms with Crippen LogP contribution in [0.5, 0.6) is 0 Å². The maximum atomic E-state index is 12.3. The Bertz CT molecular complexity index is 645. The van der Waals surface area contributed by atoms with Crippen LogP contribution in [-0.2, 0) is 4.79 Å². The summed E-state index contributed by atoms with van der Waals surface area (Å²) in [4.78, 5) is 24.1. The standard InChI is InChI=1S/C20H29Cl2N3O2/c1-20(2,3)25-18(26)12-23-17-6-4-13(5-7-17)11-24-19(27)14-8-15(21)10-16(22)9-14/h8-10,13,17,23H,4-7,11-12H2,1-3H3,(H,24,27)(H,25,26)/t13-,17+. The van der Waals surface area contributed by atoms with Crippen molar-refractivity contribution in [2.24, 2.45) is 5.92 Å². The molecule has 5 nitrogen and oxygen atoms in total. The molecule has 0 spiro atoms. The van der Waals surface area contributed by atoms with Crippen LogP contribution in [0.3, 0.4) is 0 Å². The molecule has 1 aromatic carbocycles. The van der Waals surface area contributed by atoms with Gasteiger partial charge in [-0.05, 0) is 70.6 Å². The summed E-state index contributed by atoms with van der Waals surface area (Å²) in [7, 11) is 0. The zero-order valence-corrected chi connectivity index (χ0v) is 17.7. The topological polar surface area (TPSA) is 70.2 Å². The molecule has 0 atom stereocenters. The number of amides is 2. The van der Waals surface area contributed by atoms with Crippen LogP contribution in [0.25, 0.3) is 0 Å². The van der Waals surface area contributed by atoms with E-state index in [0.717, 1.165) is 25.7 Å². The summed E-state index contributed by atoms with van der Waals surface area (Å²) in [5.41, 5.74) is 0.273. The van der Waals surface area contributed by atoms with Crippen LogP contribution < -0.4 is 16.0 Å². The van der Waals surface area contributed by atoms with Crippen LogP contribution in [0.2, 0.25) is 10.0 Å². The van der Waals surface area contributed by atoms with E-state index in [2.05, 4.69) is 16.0 Å². The first-order valence-corrected chi connectivity index (χ1v) is 10.2. The largest absolute Gasteiger partial charge is 0.352 e. The Labute approximate surface area is 171 Å². The molecule has 1 fully saturated rings. The maximum absolute atomic E-state index is 12.3. The molecule has 0 unspecified atom stereocenters. The Morgan fingerprint density at radius 2 is 1.63 bits per heavy atom. The molecule has 2 rings (SSSR count). The minimum Gasteiger partial charge on any atom is -0.352 e. The van der Waals surface area contributed by atoms with Gasteiger partial charge in [0.25, 0.3) is 5.91 Å². The van der Waals surface area contributed by atoms with E-state index >= 15 is 0 Å². The number of hydrogen-bond acceptors (Lipinski definition) is 3. The first-order chi connectivity index (χ1) is 12.6. The quantitative estimate of drug-likeness (QED) is 0.664. The third-order valence-corrected chi connectivity index (χ3v) is 5.02. The first kappa shape index (κ1) is 22.0. The second kappa shape index (κ2) is 9.76. The van der Waals surface area contributed by atoms with Gasteiger partial charge in [-0.25, -0.2) is 0 Å². The van der Waals surface area contributed by atoms with Crippen LogP contribution in [0.4, 0.5) is 0 Å². The molecule has 0 radical (unpaired) electrons. The molecule has 150 valence electrons. The lowest BCUT2D eigenvalue weighted by molar-refractivity contribution is -0.121. The summed E-state index contributed by atoms with van der Waals surface area (Å²) in [5, 5.41) is 10.2. The fourth-order valence-electron chi connectivity index (χ4n) is 3.29. The third kappa shape index (κ3) is 8.08. The molecule has 1 saturated carbocycles. The molecule has 1 aliphatic carbocycles. The summed E-state index contributed by atoms with van der Waals surface area (Å²) < 4.78 is 0. The number of benzene rings is 1. The minimum atomic E-state index is -0.207. The van der Waals surface area contributed by atoms with Gasteiger partial charge in [0, 0.05) is 33.7 Å². The molecule has 27 heavy (non-hydrogen) atoms. The van der Waals surface area contributed by atoms with E-state index in [9.17, 15) is 9.59 Å². The highest BCUT2D eigenvalue weighted by molar-refractivity contribution is 6.35. The highest BCUT2D eigenvalue weighted by atomic mass is 35.5. The van der Waals surface area contributed by atoms with E-state index in [1.165, 1.54) is 0 Å². The van der Waals surface area contributed by atoms with Gasteiger partial charge < -0.3 is 16.0 Å². The number of carbonyl (C=O) groups is 2. The fourth-order valence-corrected chi connectivity index (χ4v) is 3.82. The van der Waals surface area contributed by atoms with Gasteiger partial charge in [0.1, 0.15) is 0 Å². The van der Waals surface area contributed by atoms with Crippen molar-refractivity contribution in [3.63, 3.8) is 0 Å². The summed E-state index contributed by atoms with van der Waals surface area (Å²) >= 11 is 11.9. The number of nitrogens with one attached hydrogen (secondary N) is 3. The van der Waals surface area contributed by atoms with Crippen LogP contribution in [0.1, 0.15) is 56.8 Å².